The lowest BCUT2D eigenvalue weighted by Gasteiger charge is -2.11. The van der Waals surface area contributed by atoms with Crippen LogP contribution in [0.15, 0.2) is 18.2 Å². The highest BCUT2D eigenvalue weighted by molar-refractivity contribution is 5.21. The first kappa shape index (κ1) is 11.1. The Morgan fingerprint density at radius 2 is 2.07 bits per heavy atom. The quantitative estimate of drug-likeness (QED) is 0.779. The van der Waals surface area contributed by atoms with Crippen LogP contribution in [0.2, 0.25) is 0 Å². The molecule has 0 aliphatic carbocycles. The number of benzene rings is 1. The van der Waals surface area contributed by atoms with E-state index >= 15 is 0 Å². The highest BCUT2D eigenvalue weighted by atomic mass is 19.1. The Balaban J connectivity index is 2.74. The Morgan fingerprint density at radius 3 is 2.64 bits per heavy atom. The molecule has 4 heteroatoms. The molecule has 0 spiro atoms. The molecule has 78 valence electrons. The van der Waals surface area contributed by atoms with E-state index in [9.17, 15) is 8.78 Å². The summed E-state index contributed by atoms with van der Waals surface area (Å²) < 4.78 is 25.7. The van der Waals surface area contributed by atoms with E-state index in [0.717, 1.165) is 6.07 Å². The van der Waals surface area contributed by atoms with Crippen LogP contribution in [-0.2, 0) is 0 Å². The van der Waals surface area contributed by atoms with Crippen LogP contribution in [0.5, 0.6) is 0 Å². The number of hydrogen-bond donors (Lipinski definition) is 2. The molecule has 2 nitrogen and oxygen atoms in total. The molecule has 0 saturated carbocycles. The maximum absolute atomic E-state index is 13.1. The highest BCUT2D eigenvalue weighted by Crippen LogP contribution is 2.19. The van der Waals surface area contributed by atoms with Crippen molar-refractivity contribution in [2.75, 3.05) is 6.61 Å². The zero-order valence-electron chi connectivity index (χ0n) is 7.71. The van der Waals surface area contributed by atoms with Crippen molar-refractivity contribution >= 4 is 0 Å². The van der Waals surface area contributed by atoms with Gasteiger partial charge in [-0.05, 0) is 18.9 Å². The number of aliphatic hydroxyl groups is 1. The standard InChI is InChI=1S/C10H13F2NO/c11-7-3-4-8(9(12)6-7)10(13)2-1-5-14/h3-4,6,10,14H,1-2,5,13H2/t10-/m0/s1. The Labute approximate surface area is 81.4 Å². The normalized spacial score (nSPS) is 12.9. The summed E-state index contributed by atoms with van der Waals surface area (Å²) in [6, 6.07) is 2.85. The van der Waals surface area contributed by atoms with Crippen LogP contribution in [-0.4, -0.2) is 11.7 Å². The van der Waals surface area contributed by atoms with E-state index in [1.54, 1.807) is 0 Å². The average molecular weight is 201 g/mol. The maximum Gasteiger partial charge on any atom is 0.130 e. The minimum Gasteiger partial charge on any atom is -0.396 e. The molecule has 0 fully saturated rings. The fourth-order valence-electron chi connectivity index (χ4n) is 1.27. The average Bonchev–Trinajstić information content (AvgIpc) is 2.14. The van der Waals surface area contributed by atoms with Crippen molar-refractivity contribution in [3.8, 4) is 0 Å². The predicted molar refractivity (Wildman–Crippen MR) is 49.6 cm³/mol. The minimum atomic E-state index is -0.629. The second kappa shape index (κ2) is 5.02. The molecule has 0 aliphatic rings. The van der Waals surface area contributed by atoms with Gasteiger partial charge in [0, 0.05) is 24.3 Å². The van der Waals surface area contributed by atoms with Crippen LogP contribution in [0.4, 0.5) is 8.78 Å². The molecular weight excluding hydrogens is 188 g/mol. The van der Waals surface area contributed by atoms with Crippen molar-refractivity contribution in [3.05, 3.63) is 35.4 Å². The molecule has 14 heavy (non-hydrogen) atoms. The van der Waals surface area contributed by atoms with E-state index in [1.807, 2.05) is 0 Å². The first-order valence-corrected chi connectivity index (χ1v) is 4.46. The molecule has 1 rings (SSSR count). The summed E-state index contributed by atoms with van der Waals surface area (Å²) in [6.07, 6.45) is 0.997. The molecule has 0 aromatic heterocycles. The molecule has 0 bridgehead atoms. The first-order valence-electron chi connectivity index (χ1n) is 4.46. The van der Waals surface area contributed by atoms with Gasteiger partial charge in [0.1, 0.15) is 11.6 Å². The maximum atomic E-state index is 13.1. The minimum absolute atomic E-state index is 0.0243. The Bertz CT molecular complexity index is 304. The van der Waals surface area contributed by atoms with E-state index in [2.05, 4.69) is 0 Å². The largest absolute Gasteiger partial charge is 0.396 e. The summed E-state index contributed by atoms with van der Waals surface area (Å²) in [5.41, 5.74) is 5.95. The monoisotopic (exact) mass is 201 g/mol. The van der Waals surface area contributed by atoms with Gasteiger partial charge in [0.15, 0.2) is 0 Å². The van der Waals surface area contributed by atoms with Crippen LogP contribution in [0.3, 0.4) is 0 Å². The smallest absolute Gasteiger partial charge is 0.130 e. The van der Waals surface area contributed by atoms with Gasteiger partial charge in [0.25, 0.3) is 0 Å². The van der Waals surface area contributed by atoms with Gasteiger partial charge in [-0.25, -0.2) is 8.78 Å². The SMILES string of the molecule is N[C@@H](CCCO)c1ccc(F)cc1F. The summed E-state index contributed by atoms with van der Waals surface area (Å²) in [4.78, 5) is 0. The topological polar surface area (TPSA) is 46.2 Å². The second-order valence-electron chi connectivity index (χ2n) is 3.14. The lowest BCUT2D eigenvalue weighted by molar-refractivity contribution is 0.279. The van der Waals surface area contributed by atoms with Crippen LogP contribution in [0.25, 0.3) is 0 Å². The highest BCUT2D eigenvalue weighted by Gasteiger charge is 2.11. The Hall–Kier alpha value is -1.00. The fourth-order valence-corrected chi connectivity index (χ4v) is 1.27. The Morgan fingerprint density at radius 1 is 1.36 bits per heavy atom. The fraction of sp³-hybridized carbons (Fsp3) is 0.400. The number of rotatable bonds is 4. The summed E-state index contributed by atoms with van der Waals surface area (Å²) >= 11 is 0. The van der Waals surface area contributed by atoms with Gasteiger partial charge < -0.3 is 10.8 Å². The molecular formula is C10H13F2NO. The molecule has 0 heterocycles. The second-order valence-corrected chi connectivity index (χ2v) is 3.14. The first-order chi connectivity index (χ1) is 6.65. The zero-order chi connectivity index (χ0) is 10.6. The van der Waals surface area contributed by atoms with Gasteiger partial charge in [-0.2, -0.15) is 0 Å². The van der Waals surface area contributed by atoms with E-state index in [-0.39, 0.29) is 6.61 Å². The van der Waals surface area contributed by atoms with Gasteiger partial charge in [-0.3, -0.25) is 0 Å². The predicted octanol–water partition coefficient (Wildman–Crippen LogP) is 1.74. The van der Waals surface area contributed by atoms with Crippen molar-refractivity contribution < 1.29 is 13.9 Å². The molecule has 1 atom stereocenters. The molecule has 1 aromatic carbocycles. The molecule has 0 unspecified atom stereocenters. The zero-order valence-corrected chi connectivity index (χ0v) is 7.71. The van der Waals surface area contributed by atoms with Gasteiger partial charge in [-0.15, -0.1) is 0 Å². The summed E-state index contributed by atoms with van der Waals surface area (Å²) in [5.74, 6) is -1.24. The van der Waals surface area contributed by atoms with Crippen molar-refractivity contribution in [2.45, 2.75) is 18.9 Å². The third-order valence-electron chi connectivity index (χ3n) is 2.04. The molecule has 1 aromatic rings. The van der Waals surface area contributed by atoms with Gasteiger partial charge >= 0.3 is 0 Å². The van der Waals surface area contributed by atoms with E-state index in [1.165, 1.54) is 12.1 Å². The molecule has 0 saturated heterocycles. The number of halogens is 2. The lowest BCUT2D eigenvalue weighted by Crippen LogP contribution is -2.12. The van der Waals surface area contributed by atoms with Crippen LogP contribution in [0.1, 0.15) is 24.4 Å². The summed E-state index contributed by atoms with van der Waals surface area (Å²) in [5, 5.41) is 8.57. The number of aliphatic hydroxyl groups excluding tert-OH is 1. The van der Waals surface area contributed by atoms with Crippen molar-refractivity contribution in [3.63, 3.8) is 0 Å². The Kier molecular flexibility index (Phi) is 3.98. The van der Waals surface area contributed by atoms with Crippen molar-refractivity contribution in [1.29, 1.82) is 0 Å². The summed E-state index contributed by atoms with van der Waals surface area (Å²) in [6.45, 7) is 0.0243. The number of hydrogen-bond acceptors (Lipinski definition) is 2. The van der Waals surface area contributed by atoms with Gasteiger partial charge in [-0.1, -0.05) is 6.07 Å². The van der Waals surface area contributed by atoms with Crippen molar-refractivity contribution in [1.82, 2.24) is 0 Å². The van der Waals surface area contributed by atoms with Crippen LogP contribution >= 0.6 is 0 Å². The van der Waals surface area contributed by atoms with Crippen molar-refractivity contribution in [2.24, 2.45) is 5.73 Å². The van der Waals surface area contributed by atoms with E-state index in [4.69, 9.17) is 10.8 Å². The van der Waals surface area contributed by atoms with Crippen LogP contribution in [0, 0.1) is 11.6 Å². The van der Waals surface area contributed by atoms with E-state index < -0.39 is 17.7 Å². The number of nitrogens with two attached hydrogens (primary N) is 1. The third-order valence-corrected chi connectivity index (χ3v) is 2.04. The molecule has 0 radical (unpaired) electrons. The van der Waals surface area contributed by atoms with Gasteiger partial charge in [0.05, 0.1) is 0 Å². The lowest BCUT2D eigenvalue weighted by atomic mass is 10.0. The third kappa shape index (κ3) is 2.75. The molecule has 3 N–H and O–H groups in total. The molecule has 0 aliphatic heterocycles. The summed E-state index contributed by atoms with van der Waals surface area (Å²) in [7, 11) is 0. The molecule has 0 amide bonds. The van der Waals surface area contributed by atoms with Crippen LogP contribution < -0.4 is 5.73 Å². The van der Waals surface area contributed by atoms with Gasteiger partial charge in [0.2, 0.25) is 0 Å². The van der Waals surface area contributed by atoms with E-state index in [0.29, 0.717) is 18.4 Å².